The van der Waals surface area contributed by atoms with Crippen molar-refractivity contribution in [3.63, 3.8) is 0 Å². The molecule has 2 heterocycles. The van der Waals surface area contributed by atoms with Crippen LogP contribution in [0.3, 0.4) is 0 Å². The minimum atomic E-state index is -1.62. The quantitative estimate of drug-likeness (QED) is 0.363. The van der Waals surface area contributed by atoms with Crippen LogP contribution < -0.4 is 10.6 Å². The number of esters is 1. The van der Waals surface area contributed by atoms with Crippen molar-refractivity contribution in [2.75, 3.05) is 13.2 Å². The Labute approximate surface area is 220 Å². The zero-order valence-electron chi connectivity index (χ0n) is 22.0. The molecule has 12 heteroatoms. The largest absolute Gasteiger partial charge is 0.463 e. The fourth-order valence-electron chi connectivity index (χ4n) is 4.26. The number of ether oxygens (including phenoxy) is 2. The maximum atomic E-state index is 14.0. The van der Waals surface area contributed by atoms with Crippen LogP contribution in [0.1, 0.15) is 45.0 Å². The van der Waals surface area contributed by atoms with E-state index >= 15 is 0 Å². The highest BCUT2D eigenvalue weighted by Crippen LogP contribution is 2.27. The minimum absolute atomic E-state index is 0.161. The summed E-state index contributed by atoms with van der Waals surface area (Å²) in [4.78, 5) is 55.9. The molecule has 1 aliphatic heterocycles. The average molecular weight is 531 g/mol. The van der Waals surface area contributed by atoms with Crippen molar-refractivity contribution >= 4 is 34.6 Å². The molecular formula is C26H34N4O8. The molecule has 206 valence electrons. The first kappa shape index (κ1) is 29.0. The standard InChI is InChI=1S/C26H34N4O8/c1-14(31)28-21-23(35)22(34)18(13-37-15(2)32)38-25(21)30(12-19(33)29-26(3,4)5)24(36)17-10-6-8-16-9-7-11-27-20(16)17/h6-11,18,21-23,25,34-35H,12-13H2,1-5H3,(H,28,31)(H,29,33)/t18-,21-,22+,23-,25-/m1/s1. The van der Waals surface area contributed by atoms with Gasteiger partial charge in [0.2, 0.25) is 11.8 Å². The second kappa shape index (κ2) is 11.8. The van der Waals surface area contributed by atoms with Crippen molar-refractivity contribution in [1.29, 1.82) is 0 Å². The van der Waals surface area contributed by atoms with E-state index in [0.717, 1.165) is 4.90 Å². The molecule has 12 nitrogen and oxygen atoms in total. The van der Waals surface area contributed by atoms with Gasteiger partial charge in [0.25, 0.3) is 5.91 Å². The number of hydrogen-bond donors (Lipinski definition) is 4. The van der Waals surface area contributed by atoms with E-state index < -0.39 is 73.0 Å². The molecule has 1 saturated heterocycles. The number of carbonyl (C=O) groups is 4. The van der Waals surface area contributed by atoms with E-state index in [9.17, 15) is 29.4 Å². The SMILES string of the molecule is CC(=O)N[C@@H]1[C@@H](O)[C@@H](O)[C@@H](COC(C)=O)O[C@H]1N(CC(=O)NC(C)(C)C)C(=O)c1cccc2cccnc12. The number of hydrogen-bond acceptors (Lipinski definition) is 9. The van der Waals surface area contributed by atoms with E-state index in [0.29, 0.717) is 10.9 Å². The fraction of sp³-hybridized carbons (Fsp3) is 0.500. The highest BCUT2D eigenvalue weighted by molar-refractivity contribution is 6.06. The molecule has 5 atom stereocenters. The summed E-state index contributed by atoms with van der Waals surface area (Å²) in [5, 5.41) is 27.6. The molecule has 1 aromatic heterocycles. The molecule has 38 heavy (non-hydrogen) atoms. The van der Waals surface area contributed by atoms with Gasteiger partial charge in [-0.3, -0.25) is 24.2 Å². The molecule has 2 aromatic rings. The van der Waals surface area contributed by atoms with Gasteiger partial charge in [0.05, 0.1) is 11.1 Å². The summed E-state index contributed by atoms with van der Waals surface area (Å²) < 4.78 is 11.0. The normalized spacial score (nSPS) is 23.4. The van der Waals surface area contributed by atoms with Crippen molar-refractivity contribution in [1.82, 2.24) is 20.5 Å². The van der Waals surface area contributed by atoms with Crippen LogP contribution in [0.25, 0.3) is 10.9 Å². The third-order valence-corrected chi connectivity index (χ3v) is 5.80. The molecule has 0 unspecified atom stereocenters. The monoisotopic (exact) mass is 530 g/mol. The third kappa shape index (κ3) is 7.03. The number of nitrogens with zero attached hydrogens (tertiary/aromatic N) is 2. The Morgan fingerprint density at radius 1 is 1.08 bits per heavy atom. The third-order valence-electron chi connectivity index (χ3n) is 5.80. The van der Waals surface area contributed by atoms with Gasteiger partial charge in [-0.05, 0) is 32.9 Å². The van der Waals surface area contributed by atoms with Gasteiger partial charge < -0.3 is 35.2 Å². The molecule has 0 saturated carbocycles. The summed E-state index contributed by atoms with van der Waals surface area (Å²) in [6, 6.07) is 7.18. The summed E-state index contributed by atoms with van der Waals surface area (Å²) in [6.45, 7) is 6.76. The van der Waals surface area contributed by atoms with Gasteiger partial charge in [0.15, 0.2) is 6.23 Å². The second-order valence-electron chi connectivity index (χ2n) is 10.2. The zero-order valence-corrected chi connectivity index (χ0v) is 22.0. The Morgan fingerprint density at radius 3 is 2.39 bits per heavy atom. The molecular weight excluding hydrogens is 496 g/mol. The molecule has 3 rings (SSSR count). The van der Waals surface area contributed by atoms with Crippen LogP contribution in [0.15, 0.2) is 36.5 Å². The predicted molar refractivity (Wildman–Crippen MR) is 136 cm³/mol. The van der Waals surface area contributed by atoms with Gasteiger partial charge in [0.1, 0.15) is 37.5 Å². The van der Waals surface area contributed by atoms with Crippen molar-refractivity contribution in [3.8, 4) is 0 Å². The van der Waals surface area contributed by atoms with E-state index in [4.69, 9.17) is 9.47 Å². The highest BCUT2D eigenvalue weighted by atomic mass is 16.6. The number of aromatic nitrogens is 1. The molecule has 1 aromatic carbocycles. The molecule has 0 aliphatic carbocycles. The van der Waals surface area contributed by atoms with Crippen LogP contribution in [-0.2, 0) is 23.9 Å². The number of pyridine rings is 1. The highest BCUT2D eigenvalue weighted by Gasteiger charge is 2.49. The number of rotatable bonds is 7. The number of benzene rings is 1. The molecule has 0 radical (unpaired) electrons. The lowest BCUT2D eigenvalue weighted by Gasteiger charge is -2.46. The van der Waals surface area contributed by atoms with Crippen LogP contribution in [0, 0.1) is 0 Å². The number of amides is 3. The van der Waals surface area contributed by atoms with Gasteiger partial charge in [-0.25, -0.2) is 0 Å². The maximum Gasteiger partial charge on any atom is 0.302 e. The summed E-state index contributed by atoms with van der Waals surface area (Å²) in [6.07, 6.45) is -4.33. The van der Waals surface area contributed by atoms with E-state index in [1.54, 1.807) is 51.1 Å². The smallest absolute Gasteiger partial charge is 0.302 e. The van der Waals surface area contributed by atoms with E-state index in [1.165, 1.54) is 20.0 Å². The topological polar surface area (TPSA) is 167 Å². The van der Waals surface area contributed by atoms with Gasteiger partial charge in [-0.15, -0.1) is 0 Å². The van der Waals surface area contributed by atoms with Crippen LogP contribution >= 0.6 is 0 Å². The molecule has 1 fully saturated rings. The zero-order chi connectivity index (χ0) is 28.2. The Balaban J connectivity index is 2.09. The van der Waals surface area contributed by atoms with Gasteiger partial charge >= 0.3 is 5.97 Å². The maximum absolute atomic E-state index is 14.0. The molecule has 1 aliphatic rings. The first-order chi connectivity index (χ1) is 17.8. The van der Waals surface area contributed by atoms with E-state index in [2.05, 4.69) is 15.6 Å². The van der Waals surface area contributed by atoms with Gasteiger partial charge in [-0.1, -0.05) is 18.2 Å². The van der Waals surface area contributed by atoms with Crippen molar-refractivity contribution in [2.45, 2.75) is 70.7 Å². The van der Waals surface area contributed by atoms with Crippen LogP contribution in [0.4, 0.5) is 0 Å². The lowest BCUT2D eigenvalue weighted by molar-refractivity contribution is -0.227. The molecule has 0 spiro atoms. The average Bonchev–Trinajstić information content (AvgIpc) is 2.83. The summed E-state index contributed by atoms with van der Waals surface area (Å²) in [7, 11) is 0. The fourth-order valence-corrected chi connectivity index (χ4v) is 4.26. The number of carbonyl (C=O) groups excluding carboxylic acids is 4. The Morgan fingerprint density at radius 2 is 1.76 bits per heavy atom. The summed E-state index contributed by atoms with van der Waals surface area (Å²) in [5.74, 6) is -2.39. The minimum Gasteiger partial charge on any atom is -0.463 e. The van der Waals surface area contributed by atoms with Crippen LogP contribution in [0.2, 0.25) is 0 Å². The number of fused-ring (bicyclic) bond motifs is 1. The predicted octanol–water partition coefficient (Wildman–Crippen LogP) is 0.106. The Hall–Kier alpha value is -3.61. The lowest BCUT2D eigenvalue weighted by Crippen LogP contribution is -2.69. The molecule has 3 amide bonds. The Kier molecular flexibility index (Phi) is 9.02. The molecule has 0 bridgehead atoms. The molecule has 4 N–H and O–H groups in total. The number of aliphatic hydroxyl groups excluding tert-OH is 2. The number of para-hydroxylation sites is 1. The van der Waals surface area contributed by atoms with Crippen molar-refractivity contribution in [3.05, 3.63) is 42.1 Å². The van der Waals surface area contributed by atoms with Crippen LogP contribution in [0.5, 0.6) is 0 Å². The second-order valence-corrected chi connectivity index (χ2v) is 10.2. The van der Waals surface area contributed by atoms with Gasteiger partial charge in [0, 0.05) is 31.0 Å². The van der Waals surface area contributed by atoms with Crippen molar-refractivity contribution in [2.24, 2.45) is 0 Å². The number of aliphatic hydroxyl groups is 2. The Bertz CT molecular complexity index is 1190. The van der Waals surface area contributed by atoms with Crippen molar-refractivity contribution < 1.29 is 38.9 Å². The van der Waals surface area contributed by atoms with E-state index in [-0.39, 0.29) is 5.56 Å². The summed E-state index contributed by atoms with van der Waals surface area (Å²) in [5.41, 5.74) is -0.0793. The van der Waals surface area contributed by atoms with E-state index in [1.807, 2.05) is 0 Å². The van der Waals surface area contributed by atoms with Crippen LogP contribution in [-0.4, -0.2) is 93.1 Å². The first-order valence-electron chi connectivity index (χ1n) is 12.2. The first-order valence-corrected chi connectivity index (χ1v) is 12.2. The number of nitrogens with one attached hydrogen (secondary N) is 2. The lowest BCUT2D eigenvalue weighted by atomic mass is 9.94. The van der Waals surface area contributed by atoms with Gasteiger partial charge in [-0.2, -0.15) is 0 Å². The summed E-state index contributed by atoms with van der Waals surface area (Å²) >= 11 is 0.